The summed E-state index contributed by atoms with van der Waals surface area (Å²) in [5.41, 5.74) is -1.82. The molecule has 3 rings (SSSR count). The predicted molar refractivity (Wildman–Crippen MR) is 92.7 cm³/mol. The molecule has 2 saturated carbocycles. The molecular weight excluding hydrogens is 375 g/mol. The molecule has 2 unspecified atom stereocenters. The maximum absolute atomic E-state index is 13.0. The summed E-state index contributed by atoms with van der Waals surface area (Å²) in [4.78, 5) is 28.7. The van der Waals surface area contributed by atoms with Gasteiger partial charge in [-0.05, 0) is 38.3 Å². The number of ether oxygens (including phenoxy) is 1. The molecule has 2 bridgehead atoms. The number of aliphatic hydroxyl groups is 1. The normalized spacial score (nSPS) is 21.5. The highest BCUT2D eigenvalue weighted by atomic mass is 19.4. The van der Waals surface area contributed by atoms with Crippen LogP contribution in [0.5, 0.6) is 0 Å². The highest BCUT2D eigenvalue weighted by Crippen LogP contribution is 2.42. The van der Waals surface area contributed by atoms with Crippen molar-refractivity contribution in [1.29, 1.82) is 0 Å². The second-order valence-corrected chi connectivity index (χ2v) is 6.77. The lowest BCUT2D eigenvalue weighted by molar-refractivity contribution is -0.141. The summed E-state index contributed by atoms with van der Waals surface area (Å²) in [6.07, 6.45) is -3.08. The van der Waals surface area contributed by atoms with Crippen molar-refractivity contribution in [1.82, 2.24) is 4.98 Å². The minimum atomic E-state index is -4.69. The zero-order chi connectivity index (χ0) is 20.5. The molecular formula is C20H18F3NO4. The third kappa shape index (κ3) is 3.80. The van der Waals surface area contributed by atoms with Crippen LogP contribution in [0.15, 0.2) is 17.7 Å². The summed E-state index contributed by atoms with van der Waals surface area (Å²) in [5, 5.41) is 10.7. The van der Waals surface area contributed by atoms with Crippen molar-refractivity contribution in [3.63, 3.8) is 0 Å². The standard InChI is InChI=1S/C20H18F3NO4/c1-2-3-8-28-10-14-13(6-7-15(24-14)20(21,22)23)19(27)16-17(25)11-4-5-12(9-11)18(16)26/h6-7,11-12,27H,4-5,8-10H2,1H3. The largest absolute Gasteiger partial charge is 0.506 e. The molecule has 0 aliphatic heterocycles. The van der Waals surface area contributed by atoms with Gasteiger partial charge in [0.1, 0.15) is 23.6 Å². The minimum absolute atomic E-state index is 0.0345. The van der Waals surface area contributed by atoms with E-state index in [1.807, 2.05) is 0 Å². The molecule has 1 heterocycles. The van der Waals surface area contributed by atoms with Gasteiger partial charge in [-0.1, -0.05) is 5.92 Å². The molecule has 2 aliphatic carbocycles. The van der Waals surface area contributed by atoms with Gasteiger partial charge in [-0.15, -0.1) is 5.92 Å². The van der Waals surface area contributed by atoms with Gasteiger partial charge in [-0.25, -0.2) is 4.98 Å². The molecule has 5 nitrogen and oxygen atoms in total. The molecule has 2 fully saturated rings. The zero-order valence-corrected chi connectivity index (χ0v) is 15.1. The number of hydrogen-bond donors (Lipinski definition) is 1. The van der Waals surface area contributed by atoms with Crippen LogP contribution in [0, 0.1) is 23.7 Å². The molecule has 2 atom stereocenters. The lowest BCUT2D eigenvalue weighted by Gasteiger charge is -2.21. The van der Waals surface area contributed by atoms with Crippen molar-refractivity contribution in [2.75, 3.05) is 6.61 Å². The molecule has 1 N–H and O–H groups in total. The lowest BCUT2D eigenvalue weighted by Crippen LogP contribution is -2.30. The number of nitrogens with zero attached hydrogens (tertiary/aromatic N) is 1. The number of fused-ring (bicyclic) bond motifs is 2. The van der Waals surface area contributed by atoms with E-state index in [0.29, 0.717) is 25.3 Å². The topological polar surface area (TPSA) is 76.5 Å². The van der Waals surface area contributed by atoms with Crippen LogP contribution < -0.4 is 0 Å². The number of carbonyl (C=O) groups is 2. The molecule has 28 heavy (non-hydrogen) atoms. The van der Waals surface area contributed by atoms with Gasteiger partial charge in [0.2, 0.25) is 0 Å². The monoisotopic (exact) mass is 393 g/mol. The number of alkyl halides is 3. The summed E-state index contributed by atoms with van der Waals surface area (Å²) >= 11 is 0. The number of hydrogen-bond acceptors (Lipinski definition) is 5. The predicted octanol–water partition coefficient (Wildman–Crippen LogP) is 3.48. The summed E-state index contributed by atoms with van der Waals surface area (Å²) in [7, 11) is 0. The Morgan fingerprint density at radius 3 is 2.46 bits per heavy atom. The van der Waals surface area contributed by atoms with Crippen molar-refractivity contribution < 1.29 is 32.6 Å². The van der Waals surface area contributed by atoms with Gasteiger partial charge < -0.3 is 9.84 Å². The van der Waals surface area contributed by atoms with Gasteiger partial charge in [0, 0.05) is 17.4 Å². The van der Waals surface area contributed by atoms with Crippen LogP contribution in [0.3, 0.4) is 0 Å². The summed E-state index contributed by atoms with van der Waals surface area (Å²) in [6, 6.07) is 1.72. The molecule has 8 heteroatoms. The second kappa shape index (κ2) is 7.76. The van der Waals surface area contributed by atoms with E-state index in [-0.39, 0.29) is 41.9 Å². The summed E-state index contributed by atoms with van der Waals surface area (Å²) in [5.74, 6) is 2.98. The van der Waals surface area contributed by atoms with Crippen molar-refractivity contribution >= 4 is 17.3 Å². The highest BCUT2D eigenvalue weighted by molar-refractivity contribution is 6.27. The second-order valence-electron chi connectivity index (χ2n) is 6.77. The molecule has 0 spiro atoms. The maximum Gasteiger partial charge on any atom is 0.433 e. The van der Waals surface area contributed by atoms with Crippen molar-refractivity contribution in [3.8, 4) is 11.8 Å². The SMILES string of the molecule is CC#CCOCc1nc(C(F)(F)F)ccc1C(O)=C1C(=O)C2CCC(C2)C1=O. The smallest absolute Gasteiger partial charge is 0.433 e. The number of ketones is 2. The molecule has 0 saturated heterocycles. The highest BCUT2D eigenvalue weighted by Gasteiger charge is 2.45. The zero-order valence-electron chi connectivity index (χ0n) is 15.1. The average Bonchev–Trinajstić information content (AvgIpc) is 3.10. The number of rotatable bonds is 4. The molecule has 1 aromatic rings. The number of allylic oxidation sites excluding steroid dienone is 1. The van der Waals surface area contributed by atoms with Gasteiger partial charge in [-0.2, -0.15) is 13.2 Å². The first-order chi connectivity index (χ1) is 13.2. The Labute approximate surface area is 159 Å². The van der Waals surface area contributed by atoms with Crippen LogP contribution in [0.25, 0.3) is 5.76 Å². The van der Waals surface area contributed by atoms with Gasteiger partial charge in [-0.3, -0.25) is 9.59 Å². The fraction of sp³-hybridized carbons (Fsp3) is 0.450. The van der Waals surface area contributed by atoms with E-state index < -0.39 is 29.2 Å². The quantitative estimate of drug-likeness (QED) is 0.279. The number of aromatic nitrogens is 1. The Balaban J connectivity index is 2.04. The first kappa shape index (κ1) is 20.1. The van der Waals surface area contributed by atoms with E-state index in [2.05, 4.69) is 16.8 Å². The molecule has 148 valence electrons. The Morgan fingerprint density at radius 1 is 1.25 bits per heavy atom. The van der Waals surface area contributed by atoms with E-state index in [0.717, 1.165) is 6.07 Å². The van der Waals surface area contributed by atoms with E-state index in [4.69, 9.17) is 4.74 Å². The number of Topliss-reactive ketones (excluding diaryl/α,β-unsaturated/α-hetero) is 2. The fourth-order valence-corrected chi connectivity index (χ4v) is 3.61. The fourth-order valence-electron chi connectivity index (χ4n) is 3.61. The Bertz CT molecular complexity index is 884. The van der Waals surface area contributed by atoms with Gasteiger partial charge in [0.25, 0.3) is 0 Å². The number of aliphatic hydroxyl groups excluding tert-OH is 1. The van der Waals surface area contributed by atoms with Crippen LogP contribution in [0.2, 0.25) is 0 Å². The Kier molecular flexibility index (Phi) is 5.57. The van der Waals surface area contributed by atoms with Crippen LogP contribution in [0.1, 0.15) is 43.1 Å². The Hall–Kier alpha value is -2.66. The van der Waals surface area contributed by atoms with Crippen LogP contribution >= 0.6 is 0 Å². The molecule has 0 aromatic carbocycles. The van der Waals surface area contributed by atoms with Gasteiger partial charge >= 0.3 is 6.18 Å². The van der Waals surface area contributed by atoms with Crippen LogP contribution in [-0.2, 0) is 27.1 Å². The number of pyridine rings is 1. The minimum Gasteiger partial charge on any atom is -0.506 e. The third-order valence-electron chi connectivity index (χ3n) is 5.01. The van der Waals surface area contributed by atoms with Crippen LogP contribution in [-0.4, -0.2) is 28.3 Å². The Morgan fingerprint density at radius 2 is 1.89 bits per heavy atom. The molecule has 1 aromatic heterocycles. The molecule has 2 aliphatic rings. The summed E-state index contributed by atoms with van der Waals surface area (Å²) in [6.45, 7) is 1.19. The van der Waals surface area contributed by atoms with E-state index >= 15 is 0 Å². The van der Waals surface area contributed by atoms with E-state index in [1.165, 1.54) is 0 Å². The van der Waals surface area contributed by atoms with E-state index in [1.54, 1.807) is 6.92 Å². The molecule has 0 amide bonds. The average molecular weight is 393 g/mol. The summed E-state index contributed by atoms with van der Waals surface area (Å²) < 4.78 is 44.3. The lowest BCUT2D eigenvalue weighted by atomic mass is 9.81. The van der Waals surface area contributed by atoms with Gasteiger partial charge in [0.15, 0.2) is 11.6 Å². The van der Waals surface area contributed by atoms with Crippen molar-refractivity contribution in [2.24, 2.45) is 11.8 Å². The van der Waals surface area contributed by atoms with Gasteiger partial charge in [0.05, 0.1) is 12.3 Å². The number of halogens is 3. The third-order valence-corrected chi connectivity index (χ3v) is 5.01. The maximum atomic E-state index is 13.0. The van der Waals surface area contributed by atoms with Crippen molar-refractivity contribution in [2.45, 2.75) is 39.0 Å². The van der Waals surface area contributed by atoms with Crippen molar-refractivity contribution in [3.05, 3.63) is 34.7 Å². The molecule has 0 radical (unpaired) electrons. The first-order valence-electron chi connectivity index (χ1n) is 8.80. The van der Waals surface area contributed by atoms with Crippen LogP contribution in [0.4, 0.5) is 13.2 Å². The first-order valence-corrected chi connectivity index (χ1v) is 8.80. The van der Waals surface area contributed by atoms with E-state index in [9.17, 15) is 27.9 Å². The number of carbonyl (C=O) groups excluding carboxylic acids is 2.